The van der Waals surface area contributed by atoms with Gasteiger partial charge < -0.3 is 10.1 Å². The SMILES string of the molecule is CCOc1ccccc1CNCCCNS(C)(=O)=O. The summed E-state index contributed by atoms with van der Waals surface area (Å²) in [5.74, 6) is 0.895. The Bertz CT molecular complexity index is 475. The van der Waals surface area contributed by atoms with Crippen LogP contribution in [0.25, 0.3) is 0 Å². The highest BCUT2D eigenvalue weighted by atomic mass is 32.2. The van der Waals surface area contributed by atoms with E-state index in [1.165, 1.54) is 6.26 Å². The highest BCUT2D eigenvalue weighted by molar-refractivity contribution is 7.88. The average Bonchev–Trinajstić information content (AvgIpc) is 2.34. The van der Waals surface area contributed by atoms with Crippen molar-refractivity contribution in [3.8, 4) is 5.75 Å². The van der Waals surface area contributed by atoms with E-state index in [9.17, 15) is 8.42 Å². The monoisotopic (exact) mass is 286 g/mol. The molecule has 6 heteroatoms. The van der Waals surface area contributed by atoms with E-state index in [-0.39, 0.29) is 0 Å². The third-order valence-electron chi connectivity index (χ3n) is 2.48. The molecule has 0 heterocycles. The van der Waals surface area contributed by atoms with E-state index in [0.29, 0.717) is 13.2 Å². The second-order valence-corrected chi connectivity index (χ2v) is 6.07. The van der Waals surface area contributed by atoms with Crippen LogP contribution >= 0.6 is 0 Å². The molecule has 1 aromatic carbocycles. The van der Waals surface area contributed by atoms with Gasteiger partial charge in [-0.3, -0.25) is 0 Å². The molecule has 0 aliphatic rings. The van der Waals surface area contributed by atoms with Gasteiger partial charge in [-0.05, 0) is 26.0 Å². The quantitative estimate of drug-likeness (QED) is 0.667. The van der Waals surface area contributed by atoms with Crippen molar-refractivity contribution < 1.29 is 13.2 Å². The molecule has 0 aromatic heterocycles. The van der Waals surface area contributed by atoms with Gasteiger partial charge in [-0.1, -0.05) is 18.2 Å². The van der Waals surface area contributed by atoms with Crippen molar-refractivity contribution in [2.75, 3.05) is 26.0 Å². The molecule has 0 aliphatic heterocycles. The first-order chi connectivity index (χ1) is 9.03. The summed E-state index contributed by atoms with van der Waals surface area (Å²) in [5.41, 5.74) is 1.11. The van der Waals surface area contributed by atoms with Crippen LogP contribution in [0.5, 0.6) is 5.75 Å². The lowest BCUT2D eigenvalue weighted by Crippen LogP contribution is -2.26. The molecule has 0 spiro atoms. The molecule has 0 amide bonds. The molecule has 108 valence electrons. The molecule has 0 saturated heterocycles. The van der Waals surface area contributed by atoms with Gasteiger partial charge in [0.15, 0.2) is 0 Å². The number of para-hydroxylation sites is 1. The van der Waals surface area contributed by atoms with Crippen molar-refractivity contribution >= 4 is 10.0 Å². The van der Waals surface area contributed by atoms with E-state index >= 15 is 0 Å². The number of ether oxygens (including phenoxy) is 1. The summed E-state index contributed by atoms with van der Waals surface area (Å²) in [6.07, 6.45) is 1.92. The third kappa shape index (κ3) is 7.15. The van der Waals surface area contributed by atoms with E-state index in [2.05, 4.69) is 10.0 Å². The van der Waals surface area contributed by atoms with Gasteiger partial charge in [-0.25, -0.2) is 13.1 Å². The number of sulfonamides is 1. The number of hydrogen-bond donors (Lipinski definition) is 2. The van der Waals surface area contributed by atoms with Crippen molar-refractivity contribution in [1.29, 1.82) is 0 Å². The Morgan fingerprint density at radius 3 is 2.63 bits per heavy atom. The summed E-state index contributed by atoms with van der Waals surface area (Å²) in [7, 11) is -3.08. The Kier molecular flexibility index (Phi) is 6.83. The normalized spacial score (nSPS) is 11.5. The van der Waals surface area contributed by atoms with Gasteiger partial charge in [0.05, 0.1) is 12.9 Å². The lowest BCUT2D eigenvalue weighted by Gasteiger charge is -2.10. The first kappa shape index (κ1) is 15.9. The van der Waals surface area contributed by atoms with Gasteiger partial charge in [0.25, 0.3) is 0 Å². The number of nitrogens with one attached hydrogen (secondary N) is 2. The summed E-state index contributed by atoms with van der Waals surface area (Å²) in [5, 5.41) is 3.27. The summed E-state index contributed by atoms with van der Waals surface area (Å²) < 4.78 is 29.7. The molecule has 1 aromatic rings. The van der Waals surface area contributed by atoms with Gasteiger partial charge in [-0.15, -0.1) is 0 Å². The topological polar surface area (TPSA) is 67.4 Å². The smallest absolute Gasteiger partial charge is 0.208 e. The third-order valence-corrected chi connectivity index (χ3v) is 3.21. The first-order valence-corrected chi connectivity index (χ1v) is 8.28. The second-order valence-electron chi connectivity index (χ2n) is 4.24. The Morgan fingerprint density at radius 1 is 1.21 bits per heavy atom. The van der Waals surface area contributed by atoms with Crippen LogP contribution in [0, 0.1) is 0 Å². The van der Waals surface area contributed by atoms with Crippen LogP contribution in [-0.4, -0.2) is 34.4 Å². The predicted molar refractivity (Wildman–Crippen MR) is 76.8 cm³/mol. The zero-order valence-electron chi connectivity index (χ0n) is 11.5. The fourth-order valence-corrected chi connectivity index (χ4v) is 2.16. The maximum absolute atomic E-state index is 10.9. The van der Waals surface area contributed by atoms with E-state index in [0.717, 1.165) is 30.8 Å². The van der Waals surface area contributed by atoms with Crippen LogP contribution in [0.3, 0.4) is 0 Å². The van der Waals surface area contributed by atoms with E-state index in [1.807, 2.05) is 31.2 Å². The van der Waals surface area contributed by atoms with E-state index in [1.54, 1.807) is 0 Å². The molecule has 19 heavy (non-hydrogen) atoms. The van der Waals surface area contributed by atoms with Gasteiger partial charge in [0.1, 0.15) is 5.75 Å². The Morgan fingerprint density at radius 2 is 1.95 bits per heavy atom. The lowest BCUT2D eigenvalue weighted by molar-refractivity contribution is 0.335. The Labute approximate surface area is 115 Å². The van der Waals surface area contributed by atoms with Crippen molar-refractivity contribution in [1.82, 2.24) is 10.0 Å². The number of hydrogen-bond acceptors (Lipinski definition) is 4. The first-order valence-electron chi connectivity index (χ1n) is 6.39. The molecule has 1 rings (SSSR count). The zero-order chi connectivity index (χ0) is 14.1. The van der Waals surface area contributed by atoms with Crippen LogP contribution in [0.1, 0.15) is 18.9 Å². The van der Waals surface area contributed by atoms with Crippen molar-refractivity contribution in [2.45, 2.75) is 19.9 Å². The van der Waals surface area contributed by atoms with Crippen LogP contribution < -0.4 is 14.8 Å². The second kappa shape index (κ2) is 8.14. The van der Waals surface area contributed by atoms with Crippen LogP contribution in [0.15, 0.2) is 24.3 Å². The molecule has 0 atom stereocenters. The summed E-state index contributed by atoms with van der Waals surface area (Å²) in [4.78, 5) is 0. The largest absolute Gasteiger partial charge is 0.494 e. The molecule has 5 nitrogen and oxygen atoms in total. The van der Waals surface area contributed by atoms with Crippen LogP contribution in [0.2, 0.25) is 0 Å². The standard InChI is InChI=1S/C13H22N2O3S/c1-3-18-13-8-5-4-7-12(13)11-14-9-6-10-15-19(2,16)17/h4-5,7-8,14-15H,3,6,9-11H2,1-2H3. The summed E-state index contributed by atoms with van der Waals surface area (Å²) >= 11 is 0. The summed E-state index contributed by atoms with van der Waals surface area (Å²) in [6.45, 7) is 4.54. The minimum Gasteiger partial charge on any atom is -0.494 e. The lowest BCUT2D eigenvalue weighted by atomic mass is 10.2. The number of rotatable bonds is 9. The fourth-order valence-electron chi connectivity index (χ4n) is 1.64. The van der Waals surface area contributed by atoms with E-state index in [4.69, 9.17) is 4.74 Å². The van der Waals surface area contributed by atoms with Crippen molar-refractivity contribution in [3.63, 3.8) is 0 Å². The van der Waals surface area contributed by atoms with Gasteiger partial charge in [0, 0.05) is 18.7 Å². The molecule has 0 unspecified atom stereocenters. The maximum atomic E-state index is 10.9. The van der Waals surface area contributed by atoms with Crippen molar-refractivity contribution in [2.24, 2.45) is 0 Å². The molecular weight excluding hydrogens is 264 g/mol. The molecule has 0 radical (unpaired) electrons. The molecular formula is C13H22N2O3S. The Balaban J connectivity index is 2.26. The minimum absolute atomic E-state index is 0.457. The molecule has 2 N–H and O–H groups in total. The predicted octanol–water partition coefficient (Wildman–Crippen LogP) is 1.11. The highest BCUT2D eigenvalue weighted by Gasteiger charge is 2.02. The molecule has 0 bridgehead atoms. The van der Waals surface area contributed by atoms with Gasteiger partial charge >= 0.3 is 0 Å². The molecule has 0 fully saturated rings. The summed E-state index contributed by atoms with van der Waals surface area (Å²) in [6, 6.07) is 7.90. The molecule has 0 aliphatic carbocycles. The van der Waals surface area contributed by atoms with Gasteiger partial charge in [-0.2, -0.15) is 0 Å². The number of benzene rings is 1. The Hall–Kier alpha value is -1.11. The van der Waals surface area contributed by atoms with Crippen LogP contribution in [0.4, 0.5) is 0 Å². The zero-order valence-corrected chi connectivity index (χ0v) is 12.3. The maximum Gasteiger partial charge on any atom is 0.208 e. The fraction of sp³-hybridized carbons (Fsp3) is 0.538. The average molecular weight is 286 g/mol. The highest BCUT2D eigenvalue weighted by Crippen LogP contribution is 2.17. The van der Waals surface area contributed by atoms with E-state index < -0.39 is 10.0 Å². The van der Waals surface area contributed by atoms with Crippen molar-refractivity contribution in [3.05, 3.63) is 29.8 Å². The van der Waals surface area contributed by atoms with Crippen LogP contribution in [-0.2, 0) is 16.6 Å². The minimum atomic E-state index is -3.08. The molecule has 0 saturated carbocycles. The van der Waals surface area contributed by atoms with Gasteiger partial charge in [0.2, 0.25) is 10.0 Å².